The van der Waals surface area contributed by atoms with Crippen LogP contribution in [0.5, 0.6) is 0 Å². The lowest BCUT2D eigenvalue weighted by molar-refractivity contribution is -0.139. The van der Waals surface area contributed by atoms with E-state index in [0.29, 0.717) is 0 Å². The molecule has 0 heterocycles. The van der Waals surface area contributed by atoms with Crippen molar-refractivity contribution in [2.75, 3.05) is 0 Å². The summed E-state index contributed by atoms with van der Waals surface area (Å²) in [4.78, 5) is 14.7. The zero-order valence-corrected chi connectivity index (χ0v) is 13.3. The first kappa shape index (κ1) is 15.3. The minimum absolute atomic E-state index is 0.232. The minimum Gasteiger partial charge on any atom is -0.313 e. The number of hydrogen-bond donors (Lipinski definition) is 0. The van der Waals surface area contributed by atoms with Crippen LogP contribution in [0.4, 0.5) is 0 Å². The lowest BCUT2D eigenvalue weighted by Crippen LogP contribution is -2.43. The van der Waals surface area contributed by atoms with Gasteiger partial charge in [0.1, 0.15) is 0 Å². The molecule has 1 aliphatic rings. The number of hydrogen-bond acceptors (Lipinski definition) is 1. The number of carbonyl (C=O) groups is 1. The maximum Gasteiger partial charge on any atom is 0.232 e. The van der Waals surface area contributed by atoms with Gasteiger partial charge in [0.25, 0.3) is 0 Å². The fraction of sp³-hybridized carbons (Fsp3) is 0.812. The average molecular weight is 251 g/mol. The standard InChI is InChI=1S/C16H29NO/c1-11(2)17(14(18)15(4,5)6)13-9-10-16(7,8)12(13)3/h11H,9-10H2,1-8H3. The quantitative estimate of drug-likeness (QED) is 0.714. The molecule has 0 aromatic rings. The van der Waals surface area contributed by atoms with E-state index in [1.165, 1.54) is 11.3 Å². The van der Waals surface area contributed by atoms with Crippen molar-refractivity contribution in [3.63, 3.8) is 0 Å². The molecule has 1 aliphatic carbocycles. The Morgan fingerprint density at radius 3 is 2.06 bits per heavy atom. The van der Waals surface area contributed by atoms with Crippen LogP contribution in [0.15, 0.2) is 11.3 Å². The van der Waals surface area contributed by atoms with Gasteiger partial charge < -0.3 is 4.90 Å². The molecule has 0 N–H and O–H groups in total. The Balaban J connectivity index is 3.17. The summed E-state index contributed by atoms with van der Waals surface area (Å²) in [7, 11) is 0. The Bertz CT molecular complexity index is 369. The highest BCUT2D eigenvalue weighted by atomic mass is 16.2. The predicted octanol–water partition coefficient (Wildman–Crippen LogP) is 4.36. The molecule has 0 atom stereocenters. The highest BCUT2D eigenvalue weighted by molar-refractivity contribution is 5.83. The summed E-state index contributed by atoms with van der Waals surface area (Å²) in [6.45, 7) is 16.9. The molecule has 0 aliphatic heterocycles. The van der Waals surface area contributed by atoms with E-state index in [9.17, 15) is 4.79 Å². The van der Waals surface area contributed by atoms with Crippen LogP contribution in [0.2, 0.25) is 0 Å². The molecule has 0 fully saturated rings. The van der Waals surface area contributed by atoms with Crippen molar-refractivity contribution in [3.8, 4) is 0 Å². The molecule has 18 heavy (non-hydrogen) atoms. The lowest BCUT2D eigenvalue weighted by Gasteiger charge is -2.34. The van der Waals surface area contributed by atoms with Gasteiger partial charge >= 0.3 is 0 Å². The van der Waals surface area contributed by atoms with E-state index in [-0.39, 0.29) is 22.8 Å². The molecule has 0 spiro atoms. The van der Waals surface area contributed by atoms with Crippen LogP contribution in [0, 0.1) is 10.8 Å². The van der Waals surface area contributed by atoms with E-state index >= 15 is 0 Å². The van der Waals surface area contributed by atoms with E-state index in [0.717, 1.165) is 12.8 Å². The molecule has 0 saturated carbocycles. The van der Waals surface area contributed by atoms with Gasteiger partial charge in [-0.15, -0.1) is 0 Å². The molecule has 104 valence electrons. The van der Waals surface area contributed by atoms with Crippen LogP contribution in [0.3, 0.4) is 0 Å². The van der Waals surface area contributed by atoms with Crippen LogP contribution < -0.4 is 0 Å². The third-order valence-corrected chi connectivity index (χ3v) is 4.10. The van der Waals surface area contributed by atoms with Gasteiger partial charge in [0.15, 0.2) is 0 Å². The van der Waals surface area contributed by atoms with Crippen LogP contribution in [0.1, 0.15) is 68.2 Å². The number of allylic oxidation sites excluding steroid dienone is 2. The zero-order chi connectivity index (χ0) is 14.3. The highest BCUT2D eigenvalue weighted by Gasteiger charge is 2.37. The molecule has 0 aromatic carbocycles. The molecule has 1 amide bonds. The van der Waals surface area contributed by atoms with Crippen molar-refractivity contribution in [2.45, 2.75) is 74.3 Å². The van der Waals surface area contributed by atoms with Crippen molar-refractivity contribution in [3.05, 3.63) is 11.3 Å². The van der Waals surface area contributed by atoms with Crippen LogP contribution >= 0.6 is 0 Å². The molecule has 0 bridgehead atoms. The number of amides is 1. The fourth-order valence-corrected chi connectivity index (χ4v) is 2.53. The number of carbonyl (C=O) groups excluding carboxylic acids is 1. The van der Waals surface area contributed by atoms with Crippen molar-refractivity contribution < 1.29 is 4.79 Å². The Kier molecular flexibility index (Phi) is 4.00. The fourth-order valence-electron chi connectivity index (χ4n) is 2.53. The maximum absolute atomic E-state index is 12.6. The summed E-state index contributed by atoms with van der Waals surface area (Å²) < 4.78 is 0. The molecule has 1 rings (SSSR count). The number of nitrogens with zero attached hydrogens (tertiary/aromatic N) is 1. The first-order chi connectivity index (χ1) is 7.98. The Morgan fingerprint density at radius 1 is 1.28 bits per heavy atom. The first-order valence-electron chi connectivity index (χ1n) is 7.02. The van der Waals surface area contributed by atoms with Gasteiger partial charge in [-0.1, -0.05) is 34.6 Å². The van der Waals surface area contributed by atoms with E-state index in [4.69, 9.17) is 0 Å². The largest absolute Gasteiger partial charge is 0.313 e. The van der Waals surface area contributed by atoms with Crippen molar-refractivity contribution >= 4 is 5.91 Å². The normalized spacial score (nSPS) is 19.6. The zero-order valence-electron chi connectivity index (χ0n) is 13.3. The topological polar surface area (TPSA) is 20.3 Å². The highest BCUT2D eigenvalue weighted by Crippen LogP contribution is 2.44. The Morgan fingerprint density at radius 2 is 1.78 bits per heavy atom. The molecular weight excluding hydrogens is 222 g/mol. The van der Waals surface area contributed by atoms with Crippen molar-refractivity contribution in [1.29, 1.82) is 0 Å². The molecule has 2 nitrogen and oxygen atoms in total. The predicted molar refractivity (Wildman–Crippen MR) is 77.2 cm³/mol. The monoisotopic (exact) mass is 251 g/mol. The van der Waals surface area contributed by atoms with Gasteiger partial charge in [0.2, 0.25) is 5.91 Å². The van der Waals surface area contributed by atoms with E-state index in [2.05, 4.69) is 34.6 Å². The van der Waals surface area contributed by atoms with Gasteiger partial charge in [-0.3, -0.25) is 4.79 Å². The molecule has 0 aromatic heterocycles. The van der Waals surface area contributed by atoms with E-state index in [1.807, 2.05) is 25.7 Å². The summed E-state index contributed by atoms with van der Waals surface area (Å²) in [5, 5.41) is 0. The summed E-state index contributed by atoms with van der Waals surface area (Å²) in [5.74, 6) is 0.240. The molecule has 0 unspecified atom stereocenters. The third-order valence-electron chi connectivity index (χ3n) is 4.10. The van der Waals surface area contributed by atoms with Crippen LogP contribution in [0.25, 0.3) is 0 Å². The Labute approximate surface area is 112 Å². The maximum atomic E-state index is 12.6. The van der Waals surface area contributed by atoms with Gasteiger partial charge in [-0.05, 0) is 44.6 Å². The SMILES string of the molecule is CC1=C(N(C(=O)C(C)(C)C)C(C)C)CCC1(C)C. The summed E-state index contributed by atoms with van der Waals surface area (Å²) in [5.41, 5.74) is 2.56. The van der Waals surface area contributed by atoms with E-state index < -0.39 is 0 Å². The molecular formula is C16H29NO. The minimum atomic E-state index is -0.315. The third kappa shape index (κ3) is 2.78. The summed E-state index contributed by atoms with van der Waals surface area (Å²) >= 11 is 0. The Hall–Kier alpha value is -0.790. The molecule has 0 saturated heterocycles. The lowest BCUT2D eigenvalue weighted by atomic mass is 9.86. The van der Waals surface area contributed by atoms with Crippen molar-refractivity contribution in [1.82, 2.24) is 4.90 Å². The molecule has 2 heteroatoms. The van der Waals surface area contributed by atoms with Gasteiger partial charge in [0, 0.05) is 17.2 Å². The van der Waals surface area contributed by atoms with Crippen molar-refractivity contribution in [2.24, 2.45) is 10.8 Å². The second kappa shape index (κ2) is 4.71. The second-order valence-electron chi connectivity index (χ2n) is 7.47. The number of rotatable bonds is 2. The smallest absolute Gasteiger partial charge is 0.232 e. The second-order valence-corrected chi connectivity index (χ2v) is 7.47. The summed E-state index contributed by atoms with van der Waals surface area (Å²) in [6, 6.07) is 0.232. The van der Waals surface area contributed by atoms with E-state index in [1.54, 1.807) is 0 Å². The van der Waals surface area contributed by atoms with Gasteiger partial charge in [-0.2, -0.15) is 0 Å². The van der Waals surface area contributed by atoms with Gasteiger partial charge in [0.05, 0.1) is 0 Å². The first-order valence-corrected chi connectivity index (χ1v) is 7.02. The van der Waals surface area contributed by atoms with Crippen LogP contribution in [-0.2, 0) is 4.79 Å². The average Bonchev–Trinajstić information content (AvgIpc) is 2.43. The van der Waals surface area contributed by atoms with Gasteiger partial charge in [-0.25, -0.2) is 0 Å². The summed E-state index contributed by atoms with van der Waals surface area (Å²) in [6.07, 6.45) is 2.17. The molecule has 0 radical (unpaired) electrons. The van der Waals surface area contributed by atoms with Crippen LogP contribution in [-0.4, -0.2) is 16.8 Å².